The van der Waals surface area contributed by atoms with Gasteiger partial charge in [0.1, 0.15) is 7.11 Å². The van der Waals surface area contributed by atoms with Gasteiger partial charge in [-0.05, 0) is 75.8 Å². The molecule has 0 radical (unpaired) electrons. The van der Waals surface area contributed by atoms with Crippen molar-refractivity contribution in [3.05, 3.63) is 40.3 Å². The number of carbonyl (C=O) groups excluding carboxylic acids is 1. The van der Waals surface area contributed by atoms with Crippen molar-refractivity contribution in [2.75, 3.05) is 13.7 Å². The number of aromatic nitrogens is 2. The van der Waals surface area contributed by atoms with Crippen molar-refractivity contribution in [2.45, 2.75) is 102 Å². The molecule has 204 valence electrons. The number of oxime groups is 1. The lowest BCUT2D eigenvalue weighted by atomic mass is 9.76. The minimum atomic E-state index is -0.700. The van der Waals surface area contributed by atoms with Crippen LogP contribution in [-0.4, -0.2) is 58.0 Å². The number of para-hydroxylation sites is 2. The summed E-state index contributed by atoms with van der Waals surface area (Å²) in [6.07, 6.45) is 14.1. The van der Waals surface area contributed by atoms with Gasteiger partial charge in [-0.1, -0.05) is 43.0 Å². The van der Waals surface area contributed by atoms with Crippen LogP contribution in [0.1, 0.15) is 89.3 Å². The lowest BCUT2D eigenvalue weighted by molar-refractivity contribution is -0.135. The number of nitrogens with zero attached hydrogens (tertiary/aromatic N) is 4. The fraction of sp³-hybridized carbons (Fsp3) is 0.667. The summed E-state index contributed by atoms with van der Waals surface area (Å²) in [5, 5.41) is 3.88. The highest BCUT2D eigenvalue weighted by molar-refractivity contribution is 6.42. The van der Waals surface area contributed by atoms with Crippen molar-refractivity contribution < 1.29 is 14.4 Å². The molecule has 38 heavy (non-hydrogen) atoms. The van der Waals surface area contributed by atoms with E-state index in [1.54, 1.807) is 6.92 Å². The number of rotatable bonds is 6. The van der Waals surface area contributed by atoms with E-state index in [-0.39, 0.29) is 29.6 Å². The second kappa shape index (κ2) is 10.8. The molecule has 4 fully saturated rings. The number of esters is 1. The number of piperidine rings is 1. The second-order valence-electron chi connectivity index (χ2n) is 11.8. The molecule has 8 nitrogen and oxygen atoms in total. The van der Waals surface area contributed by atoms with Crippen molar-refractivity contribution in [1.29, 1.82) is 0 Å². The van der Waals surface area contributed by atoms with Crippen LogP contribution in [0.3, 0.4) is 0 Å². The standard InChI is InChI=1S/C30H40N4O4/c1-3-38-30(36)28(32-37-2)27-29(35)34(26-11-7-6-10-25(26)31-27)24-17-21-12-13-22(18-24)33(21)23-15-19-8-4-5-9-20(14-19)16-23/h6-7,10-11,19-24H,3-5,8-9,12-18H2,1-2H3/t19?,20?,21-,22+,23?,24?. The molecule has 5 atom stereocenters. The molecular formula is C30H40N4O4. The maximum Gasteiger partial charge on any atom is 0.362 e. The number of ether oxygens (including phenoxy) is 1. The Kier molecular flexibility index (Phi) is 7.25. The van der Waals surface area contributed by atoms with Crippen molar-refractivity contribution in [2.24, 2.45) is 17.0 Å². The van der Waals surface area contributed by atoms with Crippen LogP contribution in [-0.2, 0) is 14.4 Å². The highest BCUT2D eigenvalue weighted by atomic mass is 16.6. The number of hydrogen-bond donors (Lipinski definition) is 0. The minimum absolute atomic E-state index is 0.00451. The molecule has 2 saturated heterocycles. The van der Waals surface area contributed by atoms with Crippen LogP contribution in [0.4, 0.5) is 0 Å². The van der Waals surface area contributed by atoms with E-state index in [1.165, 1.54) is 64.9 Å². The molecular weight excluding hydrogens is 480 g/mol. The van der Waals surface area contributed by atoms with E-state index in [4.69, 9.17) is 9.57 Å². The Balaban J connectivity index is 1.34. The predicted molar refractivity (Wildman–Crippen MR) is 146 cm³/mol. The molecule has 1 aromatic heterocycles. The van der Waals surface area contributed by atoms with Crippen molar-refractivity contribution in [1.82, 2.24) is 14.5 Å². The Hall–Kier alpha value is -2.74. The fourth-order valence-electron chi connectivity index (χ4n) is 8.24. The fourth-order valence-corrected chi connectivity index (χ4v) is 8.24. The second-order valence-corrected chi connectivity index (χ2v) is 11.8. The largest absolute Gasteiger partial charge is 0.461 e. The topological polar surface area (TPSA) is 86.0 Å². The van der Waals surface area contributed by atoms with Gasteiger partial charge in [0, 0.05) is 24.2 Å². The Morgan fingerprint density at radius 3 is 2.29 bits per heavy atom. The van der Waals surface area contributed by atoms with E-state index < -0.39 is 5.97 Å². The first-order valence-electron chi connectivity index (χ1n) is 14.6. The molecule has 1 aromatic carbocycles. The molecule has 8 heteroatoms. The van der Waals surface area contributed by atoms with Gasteiger partial charge in [0.05, 0.1) is 17.6 Å². The lowest BCUT2D eigenvalue weighted by Crippen LogP contribution is -2.52. The summed E-state index contributed by atoms with van der Waals surface area (Å²) in [6, 6.07) is 9.46. The van der Waals surface area contributed by atoms with Crippen molar-refractivity contribution in [3.8, 4) is 0 Å². The third-order valence-corrected chi connectivity index (χ3v) is 9.57. The minimum Gasteiger partial charge on any atom is -0.461 e. The Morgan fingerprint density at radius 2 is 1.63 bits per heavy atom. The predicted octanol–water partition coefficient (Wildman–Crippen LogP) is 4.84. The average Bonchev–Trinajstić information content (AvgIpc) is 3.07. The quantitative estimate of drug-likeness (QED) is 0.308. The summed E-state index contributed by atoms with van der Waals surface area (Å²) in [6.45, 7) is 1.90. The van der Waals surface area contributed by atoms with Crippen molar-refractivity contribution in [3.63, 3.8) is 0 Å². The maximum absolute atomic E-state index is 14.0. The Bertz CT molecular complexity index is 1240. The van der Waals surface area contributed by atoms with Crippen LogP contribution in [0.25, 0.3) is 11.0 Å². The van der Waals surface area contributed by atoms with Gasteiger partial charge >= 0.3 is 5.97 Å². The van der Waals surface area contributed by atoms with Gasteiger partial charge in [-0.25, -0.2) is 9.78 Å². The highest BCUT2D eigenvalue weighted by Crippen LogP contribution is 2.47. The summed E-state index contributed by atoms with van der Waals surface area (Å²) >= 11 is 0. The molecule has 2 aromatic rings. The first kappa shape index (κ1) is 25.5. The molecule has 6 rings (SSSR count). The number of benzene rings is 1. The molecule has 0 spiro atoms. The highest BCUT2D eigenvalue weighted by Gasteiger charge is 2.47. The molecule has 3 heterocycles. The smallest absolute Gasteiger partial charge is 0.362 e. The zero-order valence-electron chi connectivity index (χ0n) is 22.7. The summed E-state index contributed by atoms with van der Waals surface area (Å²) in [5.74, 6) is 1.09. The van der Waals surface area contributed by atoms with Crippen LogP contribution in [0.2, 0.25) is 0 Å². The van der Waals surface area contributed by atoms with Gasteiger partial charge in [-0.15, -0.1) is 0 Å². The zero-order chi connectivity index (χ0) is 26.2. The maximum atomic E-state index is 14.0. The van der Waals surface area contributed by atoms with E-state index >= 15 is 0 Å². The third kappa shape index (κ3) is 4.65. The van der Waals surface area contributed by atoms with Gasteiger partial charge in [0.25, 0.3) is 5.56 Å². The van der Waals surface area contributed by atoms with E-state index in [1.807, 2.05) is 28.8 Å². The zero-order valence-corrected chi connectivity index (χ0v) is 22.7. The summed E-state index contributed by atoms with van der Waals surface area (Å²) in [4.78, 5) is 39.2. The van der Waals surface area contributed by atoms with E-state index in [2.05, 4.69) is 15.0 Å². The number of hydrogen-bond acceptors (Lipinski definition) is 7. The Labute approximate surface area is 224 Å². The van der Waals surface area contributed by atoms with Gasteiger partial charge in [-0.2, -0.15) is 0 Å². The monoisotopic (exact) mass is 520 g/mol. The molecule has 0 amide bonds. The summed E-state index contributed by atoms with van der Waals surface area (Å²) in [7, 11) is 1.35. The molecule has 2 saturated carbocycles. The molecule has 2 aliphatic carbocycles. The van der Waals surface area contributed by atoms with Gasteiger partial charge in [0.15, 0.2) is 5.69 Å². The van der Waals surface area contributed by atoms with Gasteiger partial charge < -0.3 is 14.1 Å². The van der Waals surface area contributed by atoms with Crippen LogP contribution in [0.5, 0.6) is 0 Å². The third-order valence-electron chi connectivity index (χ3n) is 9.57. The average molecular weight is 521 g/mol. The van der Waals surface area contributed by atoms with Gasteiger partial charge in [-0.3, -0.25) is 9.69 Å². The van der Waals surface area contributed by atoms with Crippen LogP contribution >= 0.6 is 0 Å². The first-order valence-corrected chi connectivity index (χ1v) is 14.6. The summed E-state index contributed by atoms with van der Waals surface area (Å²) in [5.41, 5.74) is 0.998. The first-order chi connectivity index (χ1) is 18.6. The molecule has 2 aliphatic heterocycles. The van der Waals surface area contributed by atoms with Crippen LogP contribution in [0.15, 0.2) is 34.2 Å². The van der Waals surface area contributed by atoms with E-state index in [0.717, 1.165) is 30.2 Å². The molecule has 4 bridgehead atoms. The normalized spacial score (nSPS) is 31.7. The molecule has 4 aliphatic rings. The number of carbonyl (C=O) groups is 1. The van der Waals surface area contributed by atoms with Crippen molar-refractivity contribution >= 4 is 22.7 Å². The summed E-state index contributed by atoms with van der Waals surface area (Å²) < 4.78 is 7.08. The van der Waals surface area contributed by atoms with E-state index in [0.29, 0.717) is 23.6 Å². The number of fused-ring (bicyclic) bond motifs is 5. The lowest BCUT2D eigenvalue weighted by Gasteiger charge is -2.48. The van der Waals surface area contributed by atoms with E-state index in [9.17, 15) is 9.59 Å². The Morgan fingerprint density at radius 1 is 0.947 bits per heavy atom. The van der Waals surface area contributed by atoms with Crippen LogP contribution in [0, 0.1) is 11.8 Å². The molecule has 0 N–H and O–H groups in total. The molecule has 3 unspecified atom stereocenters. The van der Waals surface area contributed by atoms with Gasteiger partial charge in [0.2, 0.25) is 5.71 Å². The SMILES string of the molecule is CCOC(=O)C(=NOC)c1nc2ccccc2n(C2C[C@H]3CC[C@@H](C2)N3C2CC3CCCCC(C3)C2)c1=O. The van der Waals surface area contributed by atoms with Crippen LogP contribution < -0.4 is 5.56 Å².